The van der Waals surface area contributed by atoms with Crippen molar-refractivity contribution in [2.24, 2.45) is 0 Å². The Morgan fingerprint density at radius 2 is 2.10 bits per heavy atom. The number of likely N-dealkylation sites (tertiary alicyclic amines) is 1. The number of hydrogen-bond acceptors (Lipinski definition) is 8. The Labute approximate surface area is 181 Å². The first kappa shape index (κ1) is 19.3. The number of benzene rings is 1. The van der Waals surface area contributed by atoms with Crippen molar-refractivity contribution in [2.45, 2.75) is 18.6 Å². The molecule has 7 nitrogen and oxygen atoms in total. The number of ether oxygens (including phenoxy) is 3. The van der Waals surface area contributed by atoms with Crippen LogP contribution in [0.15, 0.2) is 41.1 Å². The monoisotopic (exact) mass is 444 g/mol. The smallest absolute Gasteiger partial charge is 0.273 e. The molecule has 0 radical (unpaired) electrons. The SMILES string of the molecule is O=C(c1csc(-c2cccs2)n1)N1CC[C@@H](Oc2cccc3c2OCCO3)[C@H](O)C1. The molecule has 30 heavy (non-hydrogen) atoms. The molecule has 1 N–H and O–H groups in total. The van der Waals surface area contributed by atoms with Gasteiger partial charge in [-0.05, 0) is 23.6 Å². The van der Waals surface area contributed by atoms with Crippen molar-refractivity contribution in [1.82, 2.24) is 9.88 Å². The molecule has 1 saturated heterocycles. The fraction of sp³-hybridized carbons (Fsp3) is 0.333. The molecule has 2 aliphatic heterocycles. The maximum atomic E-state index is 12.9. The van der Waals surface area contributed by atoms with Crippen molar-refractivity contribution >= 4 is 28.6 Å². The second-order valence-corrected chi connectivity index (χ2v) is 8.86. The quantitative estimate of drug-likeness (QED) is 0.665. The molecule has 5 rings (SSSR count). The topological polar surface area (TPSA) is 81.1 Å². The van der Waals surface area contributed by atoms with Crippen LogP contribution in [0.25, 0.3) is 9.88 Å². The number of hydrogen-bond donors (Lipinski definition) is 1. The van der Waals surface area contributed by atoms with Gasteiger partial charge in [0.1, 0.15) is 36.1 Å². The highest BCUT2D eigenvalue weighted by Gasteiger charge is 2.34. The van der Waals surface area contributed by atoms with Crippen LogP contribution in [0.5, 0.6) is 17.2 Å². The number of nitrogens with zero attached hydrogens (tertiary/aromatic N) is 2. The molecule has 1 fully saturated rings. The summed E-state index contributed by atoms with van der Waals surface area (Å²) in [5.41, 5.74) is 0.414. The molecular weight excluding hydrogens is 424 g/mol. The Kier molecular flexibility index (Phi) is 5.32. The van der Waals surface area contributed by atoms with Crippen molar-refractivity contribution < 1.29 is 24.1 Å². The number of β-amino-alcohol motifs (C(OH)–C–C–N with tert-alkyl or cyclic N) is 1. The standard InChI is InChI=1S/C21H20N2O5S2/c24-14-11-23(21(25)13-12-30-20(22-13)18-5-2-10-29-18)7-6-15(14)28-17-4-1-3-16-19(17)27-9-8-26-16/h1-5,10,12,14-15,24H,6-9,11H2/t14-,15-/m1/s1. The lowest BCUT2D eigenvalue weighted by molar-refractivity contribution is -0.0215. The maximum Gasteiger partial charge on any atom is 0.273 e. The van der Waals surface area contributed by atoms with E-state index in [4.69, 9.17) is 14.2 Å². The van der Waals surface area contributed by atoms with Crippen LogP contribution in [0, 0.1) is 0 Å². The van der Waals surface area contributed by atoms with E-state index in [-0.39, 0.29) is 12.5 Å². The van der Waals surface area contributed by atoms with E-state index in [1.54, 1.807) is 27.7 Å². The number of carbonyl (C=O) groups is 1. The summed E-state index contributed by atoms with van der Waals surface area (Å²) in [6.07, 6.45) is -0.721. The van der Waals surface area contributed by atoms with Gasteiger partial charge >= 0.3 is 0 Å². The predicted octanol–water partition coefficient (Wildman–Crippen LogP) is 3.30. The molecule has 3 aromatic rings. The average Bonchev–Trinajstić information content (AvgIpc) is 3.47. The number of carbonyl (C=O) groups excluding carboxylic acids is 1. The molecule has 2 aromatic heterocycles. The summed E-state index contributed by atoms with van der Waals surface area (Å²) < 4.78 is 17.3. The van der Waals surface area contributed by atoms with E-state index in [2.05, 4.69) is 4.98 Å². The van der Waals surface area contributed by atoms with Crippen molar-refractivity contribution in [2.75, 3.05) is 26.3 Å². The fourth-order valence-corrected chi connectivity index (χ4v) is 5.19. The van der Waals surface area contributed by atoms with Crippen LogP contribution in [0.4, 0.5) is 0 Å². The zero-order valence-corrected chi connectivity index (χ0v) is 17.7. The molecule has 1 aromatic carbocycles. The Balaban J connectivity index is 1.24. The molecule has 156 valence electrons. The van der Waals surface area contributed by atoms with Crippen molar-refractivity contribution in [3.05, 3.63) is 46.8 Å². The number of aromatic nitrogens is 1. The lowest BCUT2D eigenvalue weighted by Gasteiger charge is -2.36. The number of thiazole rings is 1. The largest absolute Gasteiger partial charge is 0.486 e. The zero-order chi connectivity index (χ0) is 20.5. The van der Waals surface area contributed by atoms with Crippen LogP contribution >= 0.6 is 22.7 Å². The summed E-state index contributed by atoms with van der Waals surface area (Å²) in [7, 11) is 0. The molecule has 0 aliphatic carbocycles. The number of fused-ring (bicyclic) bond motifs is 1. The molecule has 1 amide bonds. The van der Waals surface area contributed by atoms with E-state index in [1.807, 2.05) is 29.6 Å². The Morgan fingerprint density at radius 1 is 1.20 bits per heavy atom. The summed E-state index contributed by atoms with van der Waals surface area (Å²) in [4.78, 5) is 20.0. The second kappa shape index (κ2) is 8.25. The van der Waals surface area contributed by atoms with Gasteiger partial charge in [0.25, 0.3) is 5.91 Å². The van der Waals surface area contributed by atoms with Crippen LogP contribution in [-0.4, -0.2) is 59.4 Å². The van der Waals surface area contributed by atoms with Crippen LogP contribution in [0.1, 0.15) is 16.9 Å². The molecule has 0 bridgehead atoms. The summed E-state index contributed by atoms with van der Waals surface area (Å²) in [6.45, 7) is 1.65. The van der Waals surface area contributed by atoms with Gasteiger partial charge in [-0.25, -0.2) is 4.98 Å². The number of aliphatic hydroxyl groups excluding tert-OH is 1. The molecule has 4 heterocycles. The highest BCUT2D eigenvalue weighted by molar-refractivity contribution is 7.20. The molecule has 0 spiro atoms. The van der Waals surface area contributed by atoms with E-state index >= 15 is 0 Å². The minimum Gasteiger partial charge on any atom is -0.486 e. The normalized spacial score (nSPS) is 20.8. The Morgan fingerprint density at radius 3 is 2.93 bits per heavy atom. The summed E-state index contributed by atoms with van der Waals surface area (Å²) in [5, 5.41) is 15.2. The van der Waals surface area contributed by atoms with Gasteiger partial charge in [-0.1, -0.05) is 12.1 Å². The number of rotatable bonds is 4. The van der Waals surface area contributed by atoms with Gasteiger partial charge in [-0.2, -0.15) is 0 Å². The number of thiophene rings is 1. The Bertz CT molecular complexity index is 1040. The van der Waals surface area contributed by atoms with Gasteiger partial charge in [0.15, 0.2) is 11.5 Å². The zero-order valence-electron chi connectivity index (χ0n) is 16.0. The van der Waals surface area contributed by atoms with E-state index < -0.39 is 12.2 Å². The molecule has 9 heteroatoms. The number of aliphatic hydroxyl groups is 1. The summed E-state index contributed by atoms with van der Waals surface area (Å²) in [5.74, 6) is 1.60. The van der Waals surface area contributed by atoms with Gasteiger partial charge in [0.05, 0.1) is 11.4 Å². The van der Waals surface area contributed by atoms with Gasteiger partial charge in [-0.15, -0.1) is 22.7 Å². The third-order valence-electron chi connectivity index (χ3n) is 5.07. The van der Waals surface area contributed by atoms with Gasteiger partial charge < -0.3 is 24.2 Å². The Hall–Kier alpha value is -2.62. The summed E-state index contributed by atoms with van der Waals surface area (Å²) in [6, 6.07) is 9.42. The average molecular weight is 445 g/mol. The first-order valence-corrected chi connectivity index (χ1v) is 11.5. The van der Waals surface area contributed by atoms with E-state index in [9.17, 15) is 9.90 Å². The predicted molar refractivity (Wildman–Crippen MR) is 114 cm³/mol. The van der Waals surface area contributed by atoms with Crippen LogP contribution in [0.3, 0.4) is 0 Å². The third-order valence-corrected chi connectivity index (χ3v) is 6.95. The lowest BCUT2D eigenvalue weighted by atomic mass is 10.0. The molecule has 2 aliphatic rings. The van der Waals surface area contributed by atoms with E-state index in [0.29, 0.717) is 49.1 Å². The summed E-state index contributed by atoms with van der Waals surface area (Å²) >= 11 is 3.05. The second-order valence-electron chi connectivity index (χ2n) is 7.06. The molecule has 0 saturated carbocycles. The minimum absolute atomic E-state index is 0.166. The lowest BCUT2D eigenvalue weighted by Crippen LogP contribution is -2.51. The number of para-hydroxylation sites is 1. The maximum absolute atomic E-state index is 12.9. The molecular formula is C21H20N2O5S2. The fourth-order valence-electron chi connectivity index (χ4n) is 3.58. The van der Waals surface area contributed by atoms with E-state index in [0.717, 1.165) is 9.88 Å². The van der Waals surface area contributed by atoms with Crippen LogP contribution in [0.2, 0.25) is 0 Å². The van der Waals surface area contributed by atoms with Crippen molar-refractivity contribution in [1.29, 1.82) is 0 Å². The first-order chi connectivity index (χ1) is 14.7. The molecule has 2 atom stereocenters. The van der Waals surface area contributed by atoms with Gasteiger partial charge in [0.2, 0.25) is 5.75 Å². The van der Waals surface area contributed by atoms with Gasteiger partial charge in [-0.3, -0.25) is 4.79 Å². The van der Waals surface area contributed by atoms with E-state index in [1.165, 1.54) is 11.3 Å². The highest BCUT2D eigenvalue weighted by Crippen LogP contribution is 2.40. The minimum atomic E-state index is -0.807. The van der Waals surface area contributed by atoms with Crippen molar-refractivity contribution in [3.63, 3.8) is 0 Å². The highest BCUT2D eigenvalue weighted by atomic mass is 32.1. The van der Waals surface area contributed by atoms with Gasteiger partial charge in [0, 0.05) is 18.3 Å². The molecule has 0 unspecified atom stereocenters. The van der Waals surface area contributed by atoms with Crippen LogP contribution in [-0.2, 0) is 0 Å². The first-order valence-electron chi connectivity index (χ1n) is 9.71. The number of amides is 1. The third kappa shape index (κ3) is 3.76. The van der Waals surface area contributed by atoms with Crippen LogP contribution < -0.4 is 14.2 Å². The van der Waals surface area contributed by atoms with Crippen molar-refractivity contribution in [3.8, 4) is 27.1 Å². The number of piperidine rings is 1.